The first-order chi connectivity index (χ1) is 16.0. The summed E-state index contributed by atoms with van der Waals surface area (Å²) in [5.41, 5.74) is 3.62. The standard InChI is InChI=1S/C24H16F2N4O2S/c25-18-8-4-15(5-9-18)22-14-33-24(27-22)29-23(16-6-10-19(26)11-7-16)13-21(28-29)17-2-1-3-20(12-17)30(31)32/h1-12,14,23H,13H2/t23-/m0/s1. The lowest BCUT2D eigenvalue weighted by Gasteiger charge is -2.21. The van der Waals surface area contributed by atoms with E-state index in [1.807, 2.05) is 5.38 Å². The second-order valence-electron chi connectivity index (χ2n) is 7.49. The van der Waals surface area contributed by atoms with Crippen LogP contribution in [-0.4, -0.2) is 15.6 Å². The Kier molecular flexibility index (Phi) is 5.39. The molecule has 0 radical (unpaired) electrons. The summed E-state index contributed by atoms with van der Waals surface area (Å²) < 4.78 is 26.8. The summed E-state index contributed by atoms with van der Waals surface area (Å²) in [5.74, 6) is -0.660. The van der Waals surface area contributed by atoms with Crippen molar-refractivity contribution in [3.05, 3.63) is 111 Å². The van der Waals surface area contributed by atoms with Gasteiger partial charge in [-0.3, -0.25) is 10.1 Å². The molecule has 1 aromatic heterocycles. The number of nitro groups is 1. The van der Waals surface area contributed by atoms with Crippen molar-refractivity contribution in [3.63, 3.8) is 0 Å². The fraction of sp³-hybridized carbons (Fsp3) is 0.0833. The Morgan fingerprint density at radius 3 is 2.36 bits per heavy atom. The molecule has 1 aliphatic rings. The number of aromatic nitrogens is 1. The molecule has 4 aromatic rings. The van der Waals surface area contributed by atoms with Crippen LogP contribution in [0.25, 0.3) is 11.3 Å². The number of nitro benzene ring substituents is 1. The van der Waals surface area contributed by atoms with E-state index in [-0.39, 0.29) is 23.4 Å². The number of halogens is 2. The quantitative estimate of drug-likeness (QED) is 0.256. The summed E-state index contributed by atoms with van der Waals surface area (Å²) in [6.07, 6.45) is 0.470. The molecule has 0 saturated heterocycles. The molecule has 0 saturated carbocycles. The SMILES string of the molecule is O=[N+]([O-])c1cccc(C2=NN(c3nc(-c4ccc(F)cc4)cs3)[C@H](c3ccc(F)cc3)C2)c1. The van der Waals surface area contributed by atoms with Crippen LogP contribution < -0.4 is 5.01 Å². The summed E-state index contributed by atoms with van der Waals surface area (Å²) >= 11 is 1.38. The topological polar surface area (TPSA) is 71.6 Å². The number of hydrogen-bond acceptors (Lipinski definition) is 6. The van der Waals surface area contributed by atoms with E-state index in [2.05, 4.69) is 0 Å². The molecule has 5 rings (SSSR count). The van der Waals surface area contributed by atoms with Crippen LogP contribution in [-0.2, 0) is 0 Å². The number of hydrazone groups is 1. The molecular weight excluding hydrogens is 446 g/mol. The molecule has 9 heteroatoms. The van der Waals surface area contributed by atoms with Gasteiger partial charge in [0, 0.05) is 35.1 Å². The summed E-state index contributed by atoms with van der Waals surface area (Å²) in [7, 11) is 0. The van der Waals surface area contributed by atoms with Crippen molar-refractivity contribution in [2.45, 2.75) is 12.5 Å². The van der Waals surface area contributed by atoms with Crippen LogP contribution in [0.2, 0.25) is 0 Å². The van der Waals surface area contributed by atoms with Crippen LogP contribution in [0.4, 0.5) is 19.6 Å². The molecule has 0 fully saturated rings. The maximum Gasteiger partial charge on any atom is 0.270 e. The molecule has 1 atom stereocenters. The Morgan fingerprint density at radius 1 is 0.970 bits per heavy atom. The first-order valence-electron chi connectivity index (χ1n) is 10.1. The summed E-state index contributed by atoms with van der Waals surface area (Å²) in [6.45, 7) is 0. The molecule has 0 amide bonds. The third-order valence-electron chi connectivity index (χ3n) is 5.38. The molecule has 0 aliphatic carbocycles. The highest BCUT2D eigenvalue weighted by Gasteiger charge is 2.32. The van der Waals surface area contributed by atoms with Crippen LogP contribution in [0.5, 0.6) is 0 Å². The molecule has 6 nitrogen and oxygen atoms in total. The number of non-ortho nitro benzene ring substituents is 1. The van der Waals surface area contributed by atoms with Crippen molar-refractivity contribution in [2.24, 2.45) is 5.10 Å². The first-order valence-corrected chi connectivity index (χ1v) is 10.9. The smallest absolute Gasteiger partial charge is 0.258 e. The van der Waals surface area contributed by atoms with E-state index in [4.69, 9.17) is 10.1 Å². The van der Waals surface area contributed by atoms with Gasteiger partial charge >= 0.3 is 0 Å². The van der Waals surface area contributed by atoms with Gasteiger partial charge in [0.15, 0.2) is 0 Å². The van der Waals surface area contributed by atoms with Crippen LogP contribution in [0.3, 0.4) is 0 Å². The third-order valence-corrected chi connectivity index (χ3v) is 6.21. The average molecular weight is 462 g/mol. The van der Waals surface area contributed by atoms with Gasteiger partial charge in [0.05, 0.1) is 22.4 Å². The highest BCUT2D eigenvalue weighted by Crippen LogP contribution is 2.39. The van der Waals surface area contributed by atoms with Crippen molar-refractivity contribution in [1.29, 1.82) is 0 Å². The molecule has 33 heavy (non-hydrogen) atoms. The van der Waals surface area contributed by atoms with Gasteiger partial charge in [-0.25, -0.2) is 18.8 Å². The van der Waals surface area contributed by atoms with Gasteiger partial charge in [-0.05, 0) is 42.0 Å². The number of nitrogens with zero attached hydrogens (tertiary/aromatic N) is 4. The van der Waals surface area contributed by atoms with E-state index in [0.717, 1.165) is 11.1 Å². The van der Waals surface area contributed by atoms with Crippen molar-refractivity contribution in [2.75, 3.05) is 5.01 Å². The van der Waals surface area contributed by atoms with Crippen molar-refractivity contribution in [1.82, 2.24) is 4.98 Å². The molecule has 1 aliphatic heterocycles. The van der Waals surface area contributed by atoms with Gasteiger partial charge in [0.25, 0.3) is 5.69 Å². The zero-order valence-corrected chi connectivity index (χ0v) is 17.9. The zero-order valence-electron chi connectivity index (χ0n) is 17.1. The summed E-state index contributed by atoms with van der Waals surface area (Å²) in [6, 6.07) is 18.3. The van der Waals surface area contributed by atoms with E-state index < -0.39 is 4.92 Å². The number of rotatable bonds is 5. The van der Waals surface area contributed by atoms with Crippen LogP contribution in [0, 0.1) is 21.7 Å². The Labute approximate surface area is 191 Å². The predicted molar refractivity (Wildman–Crippen MR) is 123 cm³/mol. The normalized spacial score (nSPS) is 15.5. The molecule has 0 spiro atoms. The number of anilines is 1. The Hall–Kier alpha value is -3.98. The summed E-state index contributed by atoms with van der Waals surface area (Å²) in [5, 5.41) is 20.2. The minimum Gasteiger partial charge on any atom is -0.258 e. The van der Waals surface area contributed by atoms with Gasteiger partial charge in [0.2, 0.25) is 5.13 Å². The van der Waals surface area contributed by atoms with E-state index >= 15 is 0 Å². The highest BCUT2D eigenvalue weighted by atomic mass is 32.1. The molecule has 3 aromatic carbocycles. The Morgan fingerprint density at radius 2 is 1.67 bits per heavy atom. The second-order valence-corrected chi connectivity index (χ2v) is 8.33. The van der Waals surface area contributed by atoms with E-state index in [1.54, 1.807) is 41.4 Å². The van der Waals surface area contributed by atoms with E-state index in [1.165, 1.54) is 47.7 Å². The fourth-order valence-electron chi connectivity index (χ4n) is 3.73. The Balaban J connectivity index is 1.54. The highest BCUT2D eigenvalue weighted by molar-refractivity contribution is 7.14. The monoisotopic (exact) mass is 462 g/mol. The first kappa shape index (κ1) is 20.9. The maximum absolute atomic E-state index is 13.5. The van der Waals surface area contributed by atoms with Crippen molar-refractivity contribution >= 4 is 27.9 Å². The summed E-state index contributed by atoms with van der Waals surface area (Å²) in [4.78, 5) is 15.5. The van der Waals surface area contributed by atoms with Crippen LogP contribution >= 0.6 is 11.3 Å². The third kappa shape index (κ3) is 4.22. The van der Waals surface area contributed by atoms with E-state index in [9.17, 15) is 18.9 Å². The Bertz CT molecular complexity index is 1350. The molecule has 164 valence electrons. The fourth-order valence-corrected chi connectivity index (χ4v) is 4.56. The molecular formula is C24H16F2N4O2S. The molecule has 0 unspecified atom stereocenters. The second kappa shape index (κ2) is 8.51. The number of thiazole rings is 1. The minimum absolute atomic E-state index is 0.0140. The maximum atomic E-state index is 13.5. The lowest BCUT2D eigenvalue weighted by Crippen LogP contribution is -2.18. The molecule has 0 N–H and O–H groups in total. The van der Waals surface area contributed by atoms with Gasteiger partial charge in [-0.1, -0.05) is 24.3 Å². The average Bonchev–Trinajstić information content (AvgIpc) is 3.48. The largest absolute Gasteiger partial charge is 0.270 e. The zero-order chi connectivity index (χ0) is 22.9. The molecule has 0 bridgehead atoms. The van der Waals surface area contributed by atoms with Gasteiger partial charge < -0.3 is 0 Å². The lowest BCUT2D eigenvalue weighted by atomic mass is 9.98. The number of benzene rings is 3. The van der Waals surface area contributed by atoms with Gasteiger partial charge in [-0.15, -0.1) is 11.3 Å². The predicted octanol–water partition coefficient (Wildman–Crippen LogP) is 6.35. The molecule has 2 heterocycles. The van der Waals surface area contributed by atoms with Crippen LogP contribution in [0.1, 0.15) is 23.6 Å². The lowest BCUT2D eigenvalue weighted by molar-refractivity contribution is -0.384. The van der Waals surface area contributed by atoms with Crippen LogP contribution in [0.15, 0.2) is 83.3 Å². The van der Waals surface area contributed by atoms with Gasteiger partial charge in [0.1, 0.15) is 11.6 Å². The number of hydrogen-bond donors (Lipinski definition) is 0. The van der Waals surface area contributed by atoms with Crippen molar-refractivity contribution < 1.29 is 13.7 Å². The van der Waals surface area contributed by atoms with E-state index in [0.29, 0.717) is 28.5 Å². The van der Waals surface area contributed by atoms with Gasteiger partial charge in [-0.2, -0.15) is 5.10 Å². The van der Waals surface area contributed by atoms with Crippen molar-refractivity contribution in [3.8, 4) is 11.3 Å². The minimum atomic E-state index is -0.440.